The number of fused-ring (bicyclic) bond motifs is 1. The lowest BCUT2D eigenvalue weighted by atomic mass is 9.86. The second kappa shape index (κ2) is 7.88. The number of nitrogens with one attached hydrogen (secondary N) is 2. The highest BCUT2D eigenvalue weighted by Gasteiger charge is 2.32. The van der Waals surface area contributed by atoms with E-state index < -0.39 is 0 Å². The minimum Gasteiger partial charge on any atom is -0.372 e. The highest BCUT2D eigenvalue weighted by molar-refractivity contribution is 6.10. The number of aryl methyl sites for hydroxylation is 1. The van der Waals surface area contributed by atoms with E-state index in [-0.39, 0.29) is 17.6 Å². The van der Waals surface area contributed by atoms with Gasteiger partial charge in [0.1, 0.15) is 0 Å². The molecule has 1 aliphatic carbocycles. The lowest BCUT2D eigenvalue weighted by molar-refractivity contribution is -0.116. The van der Waals surface area contributed by atoms with Gasteiger partial charge in [0.2, 0.25) is 0 Å². The SMILES string of the molecule is Cc1ccc([C@H]2Nc3ccc(C(=O)c4ccccc4)cc3NC3=C2C(=O)CCC3)cc1. The van der Waals surface area contributed by atoms with Crippen molar-refractivity contribution in [2.24, 2.45) is 0 Å². The average molecular weight is 409 g/mol. The van der Waals surface area contributed by atoms with E-state index in [0.29, 0.717) is 17.5 Å². The number of hydrogen-bond donors (Lipinski definition) is 2. The third-order valence-electron chi connectivity index (χ3n) is 6.06. The van der Waals surface area contributed by atoms with Crippen LogP contribution in [0, 0.1) is 6.92 Å². The fourth-order valence-corrected chi connectivity index (χ4v) is 4.40. The van der Waals surface area contributed by atoms with Gasteiger partial charge in [0.15, 0.2) is 11.6 Å². The van der Waals surface area contributed by atoms with Gasteiger partial charge in [-0.25, -0.2) is 0 Å². The van der Waals surface area contributed by atoms with E-state index in [1.165, 1.54) is 5.56 Å². The molecule has 0 spiro atoms. The first-order chi connectivity index (χ1) is 15.1. The highest BCUT2D eigenvalue weighted by atomic mass is 16.1. The first-order valence-electron chi connectivity index (χ1n) is 10.7. The Kier molecular flexibility index (Phi) is 4.91. The second-order valence-electron chi connectivity index (χ2n) is 8.24. The number of hydrogen-bond acceptors (Lipinski definition) is 4. The van der Waals surface area contributed by atoms with Gasteiger partial charge in [-0.2, -0.15) is 0 Å². The molecule has 0 fully saturated rings. The number of ketones is 2. The second-order valence-corrected chi connectivity index (χ2v) is 8.24. The lowest BCUT2D eigenvalue weighted by Gasteiger charge is -2.25. The van der Waals surface area contributed by atoms with Gasteiger partial charge in [-0.15, -0.1) is 0 Å². The van der Waals surface area contributed by atoms with Gasteiger partial charge < -0.3 is 10.6 Å². The number of carbonyl (C=O) groups is 2. The summed E-state index contributed by atoms with van der Waals surface area (Å²) in [5.74, 6) is 0.165. The monoisotopic (exact) mass is 408 g/mol. The Morgan fingerprint density at radius 1 is 0.871 bits per heavy atom. The topological polar surface area (TPSA) is 58.2 Å². The van der Waals surface area contributed by atoms with Crippen LogP contribution in [0.25, 0.3) is 0 Å². The Morgan fingerprint density at radius 3 is 2.42 bits per heavy atom. The van der Waals surface area contributed by atoms with Crippen molar-refractivity contribution in [1.29, 1.82) is 0 Å². The van der Waals surface area contributed by atoms with Crippen LogP contribution < -0.4 is 10.6 Å². The Balaban J connectivity index is 1.58. The highest BCUT2D eigenvalue weighted by Crippen LogP contribution is 2.41. The summed E-state index contributed by atoms with van der Waals surface area (Å²) in [6.07, 6.45) is 2.23. The van der Waals surface area contributed by atoms with E-state index in [1.54, 1.807) is 0 Å². The van der Waals surface area contributed by atoms with Crippen LogP contribution in [0.3, 0.4) is 0 Å². The van der Waals surface area contributed by atoms with Crippen LogP contribution in [0.1, 0.15) is 52.4 Å². The van der Waals surface area contributed by atoms with Crippen molar-refractivity contribution in [3.8, 4) is 0 Å². The zero-order valence-electron chi connectivity index (χ0n) is 17.4. The molecule has 2 N–H and O–H groups in total. The van der Waals surface area contributed by atoms with Crippen LogP contribution in [-0.2, 0) is 4.79 Å². The van der Waals surface area contributed by atoms with E-state index in [1.807, 2.05) is 48.5 Å². The van der Waals surface area contributed by atoms with E-state index in [9.17, 15) is 9.59 Å². The maximum atomic E-state index is 13.0. The predicted octanol–water partition coefficient (Wildman–Crippen LogP) is 5.81. The minimum atomic E-state index is -0.215. The minimum absolute atomic E-state index is 0.0153. The molecular weight excluding hydrogens is 384 g/mol. The van der Waals surface area contributed by atoms with Gasteiger partial charge in [0, 0.05) is 28.8 Å². The van der Waals surface area contributed by atoms with Gasteiger partial charge >= 0.3 is 0 Å². The molecule has 0 aromatic heterocycles. The molecule has 3 aromatic carbocycles. The number of rotatable bonds is 3. The Morgan fingerprint density at radius 2 is 1.65 bits per heavy atom. The molecule has 0 radical (unpaired) electrons. The molecule has 4 heteroatoms. The summed E-state index contributed by atoms with van der Waals surface area (Å²) in [6, 6.07) is 23.1. The van der Waals surface area contributed by atoms with Gasteiger partial charge in [0.25, 0.3) is 0 Å². The lowest BCUT2D eigenvalue weighted by Crippen LogP contribution is -2.23. The van der Waals surface area contributed by atoms with Crippen LogP contribution in [0.2, 0.25) is 0 Å². The van der Waals surface area contributed by atoms with E-state index in [2.05, 4.69) is 41.8 Å². The molecular formula is C27H24N2O2. The van der Waals surface area contributed by atoms with Gasteiger partial charge in [0.05, 0.1) is 17.4 Å². The number of Topliss-reactive ketones (excluding diaryl/α,β-unsaturated/α-hetero) is 1. The number of allylic oxidation sites excluding steroid dienone is 1. The molecule has 0 unspecified atom stereocenters. The molecule has 0 bridgehead atoms. The summed E-state index contributed by atoms with van der Waals surface area (Å²) in [6.45, 7) is 2.06. The van der Waals surface area contributed by atoms with Crippen molar-refractivity contribution < 1.29 is 9.59 Å². The molecule has 5 rings (SSSR count). The van der Waals surface area contributed by atoms with Crippen LogP contribution >= 0.6 is 0 Å². The fourth-order valence-electron chi connectivity index (χ4n) is 4.40. The van der Waals surface area contributed by atoms with Crippen molar-refractivity contribution >= 4 is 22.9 Å². The Labute approximate surface area is 182 Å². The Bertz CT molecular complexity index is 1190. The third-order valence-corrected chi connectivity index (χ3v) is 6.06. The molecule has 154 valence electrons. The zero-order valence-corrected chi connectivity index (χ0v) is 17.4. The average Bonchev–Trinajstić information content (AvgIpc) is 2.96. The normalized spacial score (nSPS) is 17.7. The quantitative estimate of drug-likeness (QED) is 0.537. The summed E-state index contributed by atoms with van der Waals surface area (Å²) in [4.78, 5) is 25.9. The van der Waals surface area contributed by atoms with E-state index in [0.717, 1.165) is 41.1 Å². The molecule has 0 amide bonds. The summed E-state index contributed by atoms with van der Waals surface area (Å²) < 4.78 is 0. The van der Waals surface area contributed by atoms with Crippen molar-refractivity contribution in [1.82, 2.24) is 0 Å². The summed E-state index contributed by atoms with van der Waals surface area (Å²) >= 11 is 0. The third kappa shape index (κ3) is 3.66. The number of carbonyl (C=O) groups excluding carboxylic acids is 2. The first kappa shape index (κ1) is 19.3. The molecule has 0 saturated carbocycles. The predicted molar refractivity (Wildman–Crippen MR) is 123 cm³/mol. The number of benzene rings is 3. The molecule has 3 aromatic rings. The van der Waals surface area contributed by atoms with Gasteiger partial charge in [-0.3, -0.25) is 9.59 Å². The van der Waals surface area contributed by atoms with Crippen LogP contribution in [0.5, 0.6) is 0 Å². The van der Waals surface area contributed by atoms with Crippen molar-refractivity contribution in [3.05, 3.63) is 106 Å². The van der Waals surface area contributed by atoms with E-state index >= 15 is 0 Å². The molecule has 1 heterocycles. The molecule has 31 heavy (non-hydrogen) atoms. The van der Waals surface area contributed by atoms with Crippen molar-refractivity contribution in [3.63, 3.8) is 0 Å². The maximum absolute atomic E-state index is 13.0. The summed E-state index contributed by atoms with van der Waals surface area (Å²) in [5.41, 5.74) is 7.01. The molecule has 4 nitrogen and oxygen atoms in total. The first-order valence-corrected chi connectivity index (χ1v) is 10.7. The Hall–Kier alpha value is -3.66. The smallest absolute Gasteiger partial charge is 0.193 e. The van der Waals surface area contributed by atoms with Crippen LogP contribution in [0.4, 0.5) is 11.4 Å². The zero-order chi connectivity index (χ0) is 21.4. The standard InChI is InChI=1S/C27H24N2O2/c1-17-10-12-18(13-11-17)26-25-22(8-5-9-24(25)30)28-23-16-20(14-15-21(23)29-26)27(31)19-6-3-2-4-7-19/h2-4,6-7,10-16,26,28-29H,5,8-9H2,1H3/t26-/m1/s1. The fraction of sp³-hybridized carbons (Fsp3) is 0.185. The van der Waals surface area contributed by atoms with E-state index in [4.69, 9.17) is 0 Å². The molecule has 1 aliphatic heterocycles. The van der Waals surface area contributed by atoms with Crippen molar-refractivity contribution in [2.45, 2.75) is 32.2 Å². The summed E-state index contributed by atoms with van der Waals surface area (Å²) in [5, 5.41) is 7.07. The number of anilines is 2. The summed E-state index contributed by atoms with van der Waals surface area (Å²) in [7, 11) is 0. The molecule has 2 aliphatic rings. The maximum Gasteiger partial charge on any atom is 0.193 e. The molecule has 0 saturated heterocycles. The van der Waals surface area contributed by atoms with Gasteiger partial charge in [-0.05, 0) is 43.5 Å². The van der Waals surface area contributed by atoms with Crippen LogP contribution in [0.15, 0.2) is 84.1 Å². The van der Waals surface area contributed by atoms with Crippen molar-refractivity contribution in [2.75, 3.05) is 10.6 Å². The van der Waals surface area contributed by atoms with Crippen LogP contribution in [-0.4, -0.2) is 11.6 Å². The molecule has 1 atom stereocenters. The largest absolute Gasteiger partial charge is 0.372 e. The van der Waals surface area contributed by atoms with Gasteiger partial charge in [-0.1, -0.05) is 60.2 Å².